The molecule has 1 unspecified atom stereocenters. The zero-order chi connectivity index (χ0) is 14.5. The maximum Gasteiger partial charge on any atom is 0.136 e. The van der Waals surface area contributed by atoms with Gasteiger partial charge in [0.25, 0.3) is 0 Å². The number of rotatable bonds is 13. The SMILES string of the molecule is CCCCCCCCCCCC(=O)C(C)CN(C)C. The van der Waals surface area contributed by atoms with Gasteiger partial charge in [0.2, 0.25) is 0 Å². The molecule has 0 aromatic heterocycles. The van der Waals surface area contributed by atoms with Gasteiger partial charge in [-0.25, -0.2) is 0 Å². The summed E-state index contributed by atoms with van der Waals surface area (Å²) in [6.07, 6.45) is 12.7. The lowest BCUT2D eigenvalue weighted by Crippen LogP contribution is -2.25. The second kappa shape index (κ2) is 12.7. The first-order valence-electron chi connectivity index (χ1n) is 8.25. The molecule has 114 valence electrons. The highest BCUT2D eigenvalue weighted by molar-refractivity contribution is 5.80. The lowest BCUT2D eigenvalue weighted by Gasteiger charge is -2.15. The van der Waals surface area contributed by atoms with Gasteiger partial charge in [0, 0.05) is 18.9 Å². The minimum absolute atomic E-state index is 0.198. The van der Waals surface area contributed by atoms with Crippen LogP contribution in [0.4, 0.5) is 0 Å². The van der Waals surface area contributed by atoms with Crippen molar-refractivity contribution in [3.63, 3.8) is 0 Å². The third-order valence-electron chi connectivity index (χ3n) is 3.72. The summed E-state index contributed by atoms with van der Waals surface area (Å²) in [4.78, 5) is 14.0. The van der Waals surface area contributed by atoms with E-state index in [1.807, 2.05) is 14.1 Å². The highest BCUT2D eigenvalue weighted by atomic mass is 16.1. The summed E-state index contributed by atoms with van der Waals surface area (Å²) in [5, 5.41) is 0. The van der Waals surface area contributed by atoms with Crippen LogP contribution in [0.15, 0.2) is 0 Å². The quantitative estimate of drug-likeness (QED) is 0.453. The molecule has 2 nitrogen and oxygen atoms in total. The van der Waals surface area contributed by atoms with Crippen LogP contribution in [0.3, 0.4) is 0 Å². The van der Waals surface area contributed by atoms with Crippen molar-refractivity contribution in [3.05, 3.63) is 0 Å². The molecule has 19 heavy (non-hydrogen) atoms. The lowest BCUT2D eigenvalue weighted by atomic mass is 9.99. The second-order valence-electron chi connectivity index (χ2n) is 6.21. The van der Waals surface area contributed by atoms with E-state index in [1.54, 1.807) is 0 Å². The van der Waals surface area contributed by atoms with Crippen LogP contribution in [0.5, 0.6) is 0 Å². The third kappa shape index (κ3) is 12.4. The Morgan fingerprint density at radius 3 is 1.84 bits per heavy atom. The van der Waals surface area contributed by atoms with Crippen molar-refractivity contribution in [3.8, 4) is 0 Å². The zero-order valence-electron chi connectivity index (χ0n) is 13.7. The summed E-state index contributed by atoms with van der Waals surface area (Å²) in [5.74, 6) is 0.640. The Balaban J connectivity index is 3.32. The molecule has 0 fully saturated rings. The summed E-state index contributed by atoms with van der Waals surface area (Å²) < 4.78 is 0. The molecule has 0 amide bonds. The van der Waals surface area contributed by atoms with E-state index < -0.39 is 0 Å². The highest BCUT2D eigenvalue weighted by Crippen LogP contribution is 2.12. The first-order chi connectivity index (χ1) is 9.07. The zero-order valence-corrected chi connectivity index (χ0v) is 13.7. The topological polar surface area (TPSA) is 20.3 Å². The lowest BCUT2D eigenvalue weighted by molar-refractivity contribution is -0.122. The molecule has 0 radical (unpaired) electrons. The Morgan fingerprint density at radius 2 is 1.37 bits per heavy atom. The number of hydrogen-bond donors (Lipinski definition) is 0. The minimum Gasteiger partial charge on any atom is -0.309 e. The molecule has 0 rings (SSSR count). The molecular weight excluding hydrogens is 234 g/mol. The fourth-order valence-corrected chi connectivity index (χ4v) is 2.51. The molecule has 0 spiro atoms. The van der Waals surface area contributed by atoms with Gasteiger partial charge in [-0.05, 0) is 20.5 Å². The highest BCUT2D eigenvalue weighted by Gasteiger charge is 2.12. The standard InChI is InChI=1S/C17H35NO/c1-5-6-7-8-9-10-11-12-13-14-17(19)16(2)15-18(3)4/h16H,5-15H2,1-4H3. The molecule has 0 heterocycles. The predicted molar refractivity (Wildman–Crippen MR) is 84.6 cm³/mol. The van der Waals surface area contributed by atoms with E-state index in [0.29, 0.717) is 5.78 Å². The Morgan fingerprint density at radius 1 is 0.895 bits per heavy atom. The first-order valence-corrected chi connectivity index (χ1v) is 8.25. The molecule has 0 bridgehead atoms. The molecule has 0 saturated heterocycles. The molecule has 2 heteroatoms. The van der Waals surface area contributed by atoms with E-state index in [2.05, 4.69) is 18.7 Å². The van der Waals surface area contributed by atoms with Crippen LogP contribution >= 0.6 is 0 Å². The van der Waals surface area contributed by atoms with Gasteiger partial charge in [-0.3, -0.25) is 4.79 Å². The summed E-state index contributed by atoms with van der Waals surface area (Å²) in [6.45, 7) is 5.20. The maximum atomic E-state index is 11.9. The monoisotopic (exact) mass is 269 g/mol. The van der Waals surface area contributed by atoms with Crippen LogP contribution in [0.2, 0.25) is 0 Å². The molecule has 1 atom stereocenters. The summed E-state index contributed by atoms with van der Waals surface area (Å²) in [5.41, 5.74) is 0. The van der Waals surface area contributed by atoms with Crippen LogP contribution in [-0.4, -0.2) is 31.3 Å². The summed E-state index contributed by atoms with van der Waals surface area (Å²) in [7, 11) is 4.06. The molecule has 0 aromatic carbocycles. The third-order valence-corrected chi connectivity index (χ3v) is 3.72. The van der Waals surface area contributed by atoms with Crippen LogP contribution in [-0.2, 0) is 4.79 Å². The minimum atomic E-state index is 0.198. The van der Waals surface area contributed by atoms with E-state index in [1.165, 1.54) is 51.4 Å². The van der Waals surface area contributed by atoms with E-state index in [0.717, 1.165) is 19.4 Å². The Hall–Kier alpha value is -0.370. The van der Waals surface area contributed by atoms with Crippen molar-refractivity contribution in [1.29, 1.82) is 0 Å². The van der Waals surface area contributed by atoms with Crippen molar-refractivity contribution in [2.75, 3.05) is 20.6 Å². The number of ketones is 1. The van der Waals surface area contributed by atoms with Crippen LogP contribution in [0, 0.1) is 5.92 Å². The summed E-state index contributed by atoms with van der Waals surface area (Å²) in [6, 6.07) is 0. The average Bonchev–Trinajstić information content (AvgIpc) is 2.35. The van der Waals surface area contributed by atoms with Crippen molar-refractivity contribution in [2.24, 2.45) is 5.92 Å². The number of Topliss-reactive ketones (excluding diaryl/α,β-unsaturated/α-hetero) is 1. The van der Waals surface area contributed by atoms with Gasteiger partial charge in [-0.2, -0.15) is 0 Å². The molecule has 0 aliphatic rings. The number of nitrogens with zero attached hydrogens (tertiary/aromatic N) is 1. The maximum absolute atomic E-state index is 11.9. The van der Waals surface area contributed by atoms with Gasteiger partial charge in [0.1, 0.15) is 5.78 Å². The van der Waals surface area contributed by atoms with E-state index >= 15 is 0 Å². The fraction of sp³-hybridized carbons (Fsp3) is 0.941. The van der Waals surface area contributed by atoms with Crippen molar-refractivity contribution in [1.82, 2.24) is 4.90 Å². The normalized spacial score (nSPS) is 12.9. The van der Waals surface area contributed by atoms with Crippen molar-refractivity contribution < 1.29 is 4.79 Å². The van der Waals surface area contributed by atoms with Crippen LogP contribution in [0.25, 0.3) is 0 Å². The number of hydrogen-bond acceptors (Lipinski definition) is 2. The fourth-order valence-electron chi connectivity index (χ4n) is 2.51. The molecule has 0 N–H and O–H groups in total. The molecule has 0 aromatic rings. The molecular formula is C17H35NO. The van der Waals surface area contributed by atoms with E-state index in [4.69, 9.17) is 0 Å². The largest absolute Gasteiger partial charge is 0.309 e. The van der Waals surface area contributed by atoms with Crippen LogP contribution < -0.4 is 0 Å². The van der Waals surface area contributed by atoms with Gasteiger partial charge in [0.05, 0.1) is 0 Å². The van der Waals surface area contributed by atoms with Gasteiger partial charge >= 0.3 is 0 Å². The van der Waals surface area contributed by atoms with Gasteiger partial charge in [0.15, 0.2) is 0 Å². The molecule has 0 aliphatic heterocycles. The van der Waals surface area contributed by atoms with Crippen molar-refractivity contribution in [2.45, 2.75) is 78.1 Å². The van der Waals surface area contributed by atoms with E-state index in [9.17, 15) is 4.79 Å². The average molecular weight is 269 g/mol. The van der Waals surface area contributed by atoms with Gasteiger partial charge in [-0.1, -0.05) is 65.2 Å². The van der Waals surface area contributed by atoms with Gasteiger partial charge in [-0.15, -0.1) is 0 Å². The second-order valence-corrected chi connectivity index (χ2v) is 6.21. The molecule has 0 saturated carbocycles. The number of carbonyl (C=O) groups is 1. The number of carbonyl (C=O) groups excluding carboxylic acids is 1. The van der Waals surface area contributed by atoms with Crippen LogP contribution in [0.1, 0.15) is 78.1 Å². The van der Waals surface area contributed by atoms with Gasteiger partial charge < -0.3 is 4.90 Å². The smallest absolute Gasteiger partial charge is 0.136 e. The Labute approximate surface area is 120 Å². The number of unbranched alkanes of at least 4 members (excludes halogenated alkanes) is 8. The Bertz CT molecular complexity index is 213. The van der Waals surface area contributed by atoms with Crippen molar-refractivity contribution >= 4 is 5.78 Å². The van der Waals surface area contributed by atoms with E-state index in [-0.39, 0.29) is 5.92 Å². The Kier molecular flexibility index (Phi) is 12.4. The summed E-state index contributed by atoms with van der Waals surface area (Å²) >= 11 is 0. The molecule has 0 aliphatic carbocycles. The predicted octanol–water partition coefficient (Wildman–Crippen LogP) is 4.67. The first kappa shape index (κ1) is 18.6.